The molecule has 0 fully saturated rings. The SMILES string of the molecule is Cc1ccnn1CCCNc1[nH]ncc1[N+](=O)[O-]. The van der Waals surface area contributed by atoms with Crippen LogP contribution in [0, 0.1) is 17.0 Å². The Labute approximate surface area is 103 Å². The standard InChI is InChI=1S/C10H14N6O2/c1-8-3-5-13-15(8)6-2-4-11-10-9(16(17)18)7-12-14-10/h3,5,7H,2,4,6H2,1H3,(H2,11,12,14). The summed E-state index contributed by atoms with van der Waals surface area (Å²) in [6.07, 6.45) is 3.77. The van der Waals surface area contributed by atoms with Crippen molar-refractivity contribution in [3.63, 3.8) is 0 Å². The van der Waals surface area contributed by atoms with Gasteiger partial charge in [0, 0.05) is 25.0 Å². The van der Waals surface area contributed by atoms with Crippen molar-refractivity contribution in [2.75, 3.05) is 11.9 Å². The maximum atomic E-state index is 10.6. The summed E-state index contributed by atoms with van der Waals surface area (Å²) in [6.45, 7) is 3.37. The molecule has 8 heteroatoms. The normalized spacial score (nSPS) is 10.5. The number of H-pyrrole nitrogens is 1. The Morgan fingerprint density at radius 3 is 3.11 bits per heavy atom. The van der Waals surface area contributed by atoms with Crippen molar-refractivity contribution in [1.29, 1.82) is 0 Å². The molecule has 2 rings (SSSR count). The number of hydrogen-bond acceptors (Lipinski definition) is 5. The van der Waals surface area contributed by atoms with Gasteiger partial charge in [0.25, 0.3) is 0 Å². The van der Waals surface area contributed by atoms with Crippen LogP contribution in [-0.4, -0.2) is 31.4 Å². The molecule has 0 saturated carbocycles. The number of aromatic amines is 1. The molecular weight excluding hydrogens is 236 g/mol. The number of rotatable bonds is 6. The van der Waals surface area contributed by atoms with E-state index in [0.29, 0.717) is 12.4 Å². The van der Waals surface area contributed by atoms with E-state index in [2.05, 4.69) is 20.6 Å². The van der Waals surface area contributed by atoms with Gasteiger partial charge < -0.3 is 5.32 Å². The monoisotopic (exact) mass is 250 g/mol. The number of nitrogens with zero attached hydrogens (tertiary/aromatic N) is 4. The van der Waals surface area contributed by atoms with Gasteiger partial charge in [-0.3, -0.25) is 19.9 Å². The number of nitro groups is 1. The molecule has 8 nitrogen and oxygen atoms in total. The van der Waals surface area contributed by atoms with Gasteiger partial charge in [-0.25, -0.2) is 0 Å². The van der Waals surface area contributed by atoms with Gasteiger partial charge >= 0.3 is 5.69 Å². The first-order valence-electron chi connectivity index (χ1n) is 5.58. The first kappa shape index (κ1) is 12.1. The van der Waals surface area contributed by atoms with Crippen LogP contribution in [0.2, 0.25) is 0 Å². The maximum absolute atomic E-state index is 10.6. The maximum Gasteiger partial charge on any atom is 0.330 e. The summed E-state index contributed by atoms with van der Waals surface area (Å²) in [5, 5.41) is 24.0. The van der Waals surface area contributed by atoms with E-state index in [4.69, 9.17) is 0 Å². The van der Waals surface area contributed by atoms with Crippen LogP contribution in [0.3, 0.4) is 0 Å². The molecule has 0 atom stereocenters. The van der Waals surface area contributed by atoms with E-state index in [0.717, 1.165) is 18.7 Å². The molecule has 2 heterocycles. The zero-order chi connectivity index (χ0) is 13.0. The first-order valence-corrected chi connectivity index (χ1v) is 5.58. The van der Waals surface area contributed by atoms with Crippen molar-refractivity contribution < 1.29 is 4.92 Å². The van der Waals surface area contributed by atoms with E-state index < -0.39 is 4.92 Å². The summed E-state index contributed by atoms with van der Waals surface area (Å²) in [5.41, 5.74) is 1.06. The third-order valence-corrected chi connectivity index (χ3v) is 2.59. The molecule has 2 N–H and O–H groups in total. The summed E-state index contributed by atoms with van der Waals surface area (Å²) in [5.74, 6) is 0.345. The van der Waals surface area contributed by atoms with Crippen LogP contribution in [-0.2, 0) is 6.54 Å². The highest BCUT2D eigenvalue weighted by Crippen LogP contribution is 2.19. The highest BCUT2D eigenvalue weighted by Gasteiger charge is 2.14. The first-order chi connectivity index (χ1) is 8.68. The molecule has 0 radical (unpaired) electrons. The van der Waals surface area contributed by atoms with E-state index >= 15 is 0 Å². The Morgan fingerprint density at radius 1 is 1.61 bits per heavy atom. The van der Waals surface area contributed by atoms with Gasteiger partial charge in [-0.15, -0.1) is 0 Å². The highest BCUT2D eigenvalue weighted by atomic mass is 16.6. The van der Waals surface area contributed by atoms with E-state index in [9.17, 15) is 10.1 Å². The molecule has 18 heavy (non-hydrogen) atoms. The number of anilines is 1. The van der Waals surface area contributed by atoms with E-state index in [1.54, 1.807) is 6.20 Å². The number of aryl methyl sites for hydroxylation is 2. The Bertz CT molecular complexity index is 532. The van der Waals surface area contributed by atoms with E-state index in [1.807, 2.05) is 17.7 Å². The lowest BCUT2D eigenvalue weighted by molar-refractivity contribution is -0.384. The van der Waals surface area contributed by atoms with Crippen molar-refractivity contribution in [3.05, 3.63) is 34.3 Å². The fraction of sp³-hybridized carbons (Fsp3) is 0.400. The Hall–Kier alpha value is -2.38. The molecule has 0 bridgehead atoms. The topological polar surface area (TPSA) is 102 Å². The van der Waals surface area contributed by atoms with Crippen LogP contribution in [0.15, 0.2) is 18.5 Å². The second-order valence-corrected chi connectivity index (χ2v) is 3.86. The van der Waals surface area contributed by atoms with Crippen molar-refractivity contribution >= 4 is 11.5 Å². The summed E-state index contributed by atoms with van der Waals surface area (Å²) in [6, 6.07) is 1.94. The Kier molecular flexibility index (Phi) is 3.56. The van der Waals surface area contributed by atoms with Crippen LogP contribution in [0.1, 0.15) is 12.1 Å². The van der Waals surface area contributed by atoms with Crippen LogP contribution in [0.25, 0.3) is 0 Å². The van der Waals surface area contributed by atoms with Gasteiger partial charge in [-0.05, 0) is 19.4 Å². The summed E-state index contributed by atoms with van der Waals surface area (Å²) >= 11 is 0. The molecule has 2 aromatic heterocycles. The van der Waals surface area contributed by atoms with Crippen molar-refractivity contribution in [1.82, 2.24) is 20.0 Å². The van der Waals surface area contributed by atoms with Crippen molar-refractivity contribution in [2.24, 2.45) is 0 Å². The molecule has 0 aliphatic rings. The largest absolute Gasteiger partial charge is 0.365 e. The lowest BCUT2D eigenvalue weighted by Crippen LogP contribution is -2.09. The third kappa shape index (κ3) is 2.65. The molecule has 0 unspecified atom stereocenters. The zero-order valence-electron chi connectivity index (χ0n) is 9.96. The molecule has 0 aliphatic carbocycles. The molecule has 96 valence electrons. The van der Waals surface area contributed by atoms with Gasteiger partial charge in [-0.2, -0.15) is 10.2 Å². The molecule has 0 saturated heterocycles. The minimum absolute atomic E-state index is 0.0368. The summed E-state index contributed by atoms with van der Waals surface area (Å²) < 4.78 is 1.89. The lowest BCUT2D eigenvalue weighted by Gasteiger charge is -2.05. The van der Waals surface area contributed by atoms with Crippen LogP contribution in [0.5, 0.6) is 0 Å². The van der Waals surface area contributed by atoms with Gasteiger partial charge in [0.2, 0.25) is 5.82 Å². The lowest BCUT2D eigenvalue weighted by atomic mass is 10.4. The minimum atomic E-state index is -0.469. The molecule has 0 amide bonds. The van der Waals surface area contributed by atoms with Crippen LogP contribution in [0.4, 0.5) is 11.5 Å². The number of aromatic nitrogens is 4. The summed E-state index contributed by atoms with van der Waals surface area (Å²) in [7, 11) is 0. The van der Waals surface area contributed by atoms with Gasteiger partial charge in [0.05, 0.1) is 4.92 Å². The predicted octanol–water partition coefficient (Wildman–Crippen LogP) is 1.33. The Morgan fingerprint density at radius 2 is 2.44 bits per heavy atom. The predicted molar refractivity (Wildman–Crippen MR) is 65.3 cm³/mol. The quantitative estimate of drug-likeness (QED) is 0.457. The summed E-state index contributed by atoms with van der Waals surface area (Å²) in [4.78, 5) is 10.2. The van der Waals surface area contributed by atoms with Crippen molar-refractivity contribution in [2.45, 2.75) is 19.9 Å². The molecule has 2 aromatic rings. The van der Waals surface area contributed by atoms with Gasteiger partial charge in [-0.1, -0.05) is 0 Å². The van der Waals surface area contributed by atoms with Crippen LogP contribution < -0.4 is 5.32 Å². The average molecular weight is 250 g/mol. The minimum Gasteiger partial charge on any atom is -0.365 e. The zero-order valence-corrected chi connectivity index (χ0v) is 9.96. The smallest absolute Gasteiger partial charge is 0.330 e. The van der Waals surface area contributed by atoms with Gasteiger partial charge in [0.1, 0.15) is 6.20 Å². The average Bonchev–Trinajstić information content (AvgIpc) is 2.94. The fourth-order valence-corrected chi connectivity index (χ4v) is 1.62. The molecule has 0 aromatic carbocycles. The Balaban J connectivity index is 1.80. The van der Waals surface area contributed by atoms with Crippen molar-refractivity contribution in [3.8, 4) is 0 Å². The number of nitrogens with one attached hydrogen (secondary N) is 2. The van der Waals surface area contributed by atoms with E-state index in [-0.39, 0.29) is 5.69 Å². The molecule has 0 spiro atoms. The van der Waals surface area contributed by atoms with E-state index in [1.165, 1.54) is 6.20 Å². The second-order valence-electron chi connectivity index (χ2n) is 3.86. The fourth-order valence-electron chi connectivity index (χ4n) is 1.62. The molecule has 0 aliphatic heterocycles. The van der Waals surface area contributed by atoms with Crippen LogP contribution >= 0.6 is 0 Å². The highest BCUT2D eigenvalue weighted by molar-refractivity contribution is 5.53. The molecular formula is C10H14N6O2. The number of hydrogen-bond donors (Lipinski definition) is 2. The second kappa shape index (κ2) is 5.30. The van der Waals surface area contributed by atoms with Gasteiger partial charge in [0.15, 0.2) is 0 Å². The third-order valence-electron chi connectivity index (χ3n) is 2.59.